The van der Waals surface area contributed by atoms with E-state index in [2.05, 4.69) is 0 Å². The molecule has 1 heterocycles. The van der Waals surface area contributed by atoms with Crippen molar-refractivity contribution in [2.45, 2.75) is 6.54 Å². The van der Waals surface area contributed by atoms with Gasteiger partial charge in [-0.15, -0.1) is 0 Å². The first-order valence-corrected chi connectivity index (χ1v) is 6.66. The summed E-state index contributed by atoms with van der Waals surface area (Å²) in [6.45, 7) is 0.780. The topological polar surface area (TPSA) is 34.5 Å². The van der Waals surface area contributed by atoms with Crippen molar-refractivity contribution in [3.05, 3.63) is 53.6 Å². The lowest BCUT2D eigenvalue weighted by Crippen LogP contribution is -2.26. The van der Waals surface area contributed by atoms with Crippen LogP contribution in [-0.2, 0) is 13.6 Å². The van der Waals surface area contributed by atoms with Gasteiger partial charge in [0.05, 0.1) is 19.3 Å². The maximum absolute atomic E-state index is 13.6. The molecular weight excluding hydrogens is 271 g/mol. The van der Waals surface area contributed by atoms with Crippen LogP contribution in [0.4, 0.5) is 4.39 Å². The van der Waals surface area contributed by atoms with Crippen LogP contribution in [0.2, 0.25) is 0 Å². The van der Waals surface area contributed by atoms with Gasteiger partial charge in [-0.3, -0.25) is 9.69 Å². The van der Waals surface area contributed by atoms with Crippen LogP contribution in [0.25, 0.3) is 0 Å². The Bertz CT molecular complexity index is 637. The largest absolute Gasteiger partial charge is 0.494 e. The minimum Gasteiger partial charge on any atom is -0.494 e. The summed E-state index contributed by atoms with van der Waals surface area (Å²) < 4.78 is 20.3. The fourth-order valence-electron chi connectivity index (χ4n) is 2.25. The fourth-order valence-corrected chi connectivity index (χ4v) is 2.25. The van der Waals surface area contributed by atoms with Gasteiger partial charge >= 0.3 is 0 Å². The van der Waals surface area contributed by atoms with Crippen LogP contribution in [-0.4, -0.2) is 36.0 Å². The Kier molecular flexibility index (Phi) is 4.75. The Morgan fingerprint density at radius 1 is 1.38 bits per heavy atom. The third-order valence-corrected chi connectivity index (χ3v) is 3.31. The Hall–Kier alpha value is -2.14. The van der Waals surface area contributed by atoms with Gasteiger partial charge in [0.2, 0.25) is 0 Å². The van der Waals surface area contributed by atoms with Gasteiger partial charge in [0.15, 0.2) is 17.3 Å². The number of likely N-dealkylation sites (N-methyl/N-ethyl adjacent to an activating group) is 1. The quantitative estimate of drug-likeness (QED) is 0.767. The van der Waals surface area contributed by atoms with Crippen molar-refractivity contribution in [3.8, 4) is 5.75 Å². The summed E-state index contributed by atoms with van der Waals surface area (Å²) in [5.74, 6) is -0.127. The molecule has 2 rings (SSSR count). The number of benzene rings is 1. The molecular formula is C16H19FN2O2. The fraction of sp³-hybridized carbons (Fsp3) is 0.312. The number of aryl methyl sites for hydroxylation is 1. The van der Waals surface area contributed by atoms with Crippen molar-refractivity contribution >= 4 is 5.78 Å². The zero-order chi connectivity index (χ0) is 15.4. The predicted molar refractivity (Wildman–Crippen MR) is 79.0 cm³/mol. The molecule has 112 valence electrons. The van der Waals surface area contributed by atoms with Crippen LogP contribution in [0.3, 0.4) is 0 Å². The van der Waals surface area contributed by atoms with E-state index in [0.717, 1.165) is 5.56 Å². The molecule has 0 aliphatic rings. The van der Waals surface area contributed by atoms with Crippen LogP contribution < -0.4 is 4.74 Å². The number of methoxy groups -OCH3 is 1. The Morgan fingerprint density at radius 2 is 2.14 bits per heavy atom. The molecule has 0 fully saturated rings. The second kappa shape index (κ2) is 6.54. The maximum Gasteiger partial charge on any atom is 0.193 e. The molecule has 0 N–H and O–H groups in total. The molecule has 2 aromatic rings. The molecule has 0 aliphatic heterocycles. The van der Waals surface area contributed by atoms with Gasteiger partial charge in [-0.1, -0.05) is 6.07 Å². The molecule has 0 radical (unpaired) electrons. The van der Waals surface area contributed by atoms with E-state index in [0.29, 0.717) is 12.2 Å². The lowest BCUT2D eigenvalue weighted by atomic mass is 10.2. The molecule has 0 saturated heterocycles. The first-order chi connectivity index (χ1) is 10.0. The van der Waals surface area contributed by atoms with Gasteiger partial charge in [-0.25, -0.2) is 4.39 Å². The molecule has 0 unspecified atom stereocenters. The number of nitrogens with zero attached hydrogens (tertiary/aromatic N) is 2. The number of hydrogen-bond acceptors (Lipinski definition) is 3. The minimum absolute atomic E-state index is 0.0407. The van der Waals surface area contributed by atoms with E-state index < -0.39 is 5.82 Å². The molecule has 5 heteroatoms. The average molecular weight is 290 g/mol. The number of carbonyl (C=O) groups is 1. The van der Waals surface area contributed by atoms with Crippen molar-refractivity contribution in [1.82, 2.24) is 9.47 Å². The number of ketones is 1. The number of hydrogen-bond donors (Lipinski definition) is 0. The second-order valence-corrected chi connectivity index (χ2v) is 5.07. The molecule has 4 nitrogen and oxygen atoms in total. The number of ether oxygens (including phenoxy) is 1. The third-order valence-electron chi connectivity index (χ3n) is 3.31. The first kappa shape index (κ1) is 15.3. The number of Topliss-reactive ketones (excluding diaryl/α,β-unsaturated/α-hetero) is 1. The lowest BCUT2D eigenvalue weighted by molar-refractivity contribution is 0.0935. The molecule has 21 heavy (non-hydrogen) atoms. The standard InChI is InChI=1S/C16H19FN2O2/c1-18(11-15(20)14-5-4-8-19(14)2)10-12-6-7-16(21-3)13(17)9-12/h4-9H,10-11H2,1-3H3. The van der Waals surface area contributed by atoms with Crippen molar-refractivity contribution < 1.29 is 13.9 Å². The van der Waals surface area contributed by atoms with Crippen LogP contribution >= 0.6 is 0 Å². The van der Waals surface area contributed by atoms with E-state index in [-0.39, 0.29) is 18.1 Å². The number of carbonyl (C=O) groups excluding carboxylic acids is 1. The van der Waals surface area contributed by atoms with Crippen LogP contribution in [0.15, 0.2) is 36.5 Å². The maximum atomic E-state index is 13.6. The van der Waals surface area contributed by atoms with Crippen molar-refractivity contribution in [2.75, 3.05) is 20.7 Å². The first-order valence-electron chi connectivity index (χ1n) is 6.66. The zero-order valence-corrected chi connectivity index (χ0v) is 12.5. The van der Waals surface area contributed by atoms with Gasteiger partial charge in [0, 0.05) is 19.8 Å². The minimum atomic E-state index is -0.392. The average Bonchev–Trinajstić information content (AvgIpc) is 2.85. The lowest BCUT2D eigenvalue weighted by Gasteiger charge is -2.16. The smallest absolute Gasteiger partial charge is 0.193 e. The number of aromatic nitrogens is 1. The van der Waals surface area contributed by atoms with Gasteiger partial charge < -0.3 is 9.30 Å². The zero-order valence-electron chi connectivity index (χ0n) is 12.5. The molecule has 1 aromatic carbocycles. The molecule has 0 bridgehead atoms. The van der Waals surface area contributed by atoms with Gasteiger partial charge in [-0.05, 0) is 36.9 Å². The molecule has 1 aromatic heterocycles. The van der Waals surface area contributed by atoms with E-state index in [1.165, 1.54) is 13.2 Å². The van der Waals surface area contributed by atoms with Crippen molar-refractivity contribution in [2.24, 2.45) is 7.05 Å². The number of rotatable bonds is 6. The van der Waals surface area contributed by atoms with Crippen LogP contribution in [0, 0.1) is 5.82 Å². The monoisotopic (exact) mass is 290 g/mol. The van der Waals surface area contributed by atoms with E-state index in [1.807, 2.05) is 31.3 Å². The van der Waals surface area contributed by atoms with Crippen molar-refractivity contribution in [1.29, 1.82) is 0 Å². The summed E-state index contributed by atoms with van der Waals surface area (Å²) in [5, 5.41) is 0. The van der Waals surface area contributed by atoms with Crippen molar-refractivity contribution in [3.63, 3.8) is 0 Å². The van der Waals surface area contributed by atoms with E-state index in [1.54, 1.807) is 22.8 Å². The van der Waals surface area contributed by atoms with E-state index >= 15 is 0 Å². The molecule has 0 saturated carbocycles. The predicted octanol–water partition coefficient (Wildman–Crippen LogP) is 2.49. The highest BCUT2D eigenvalue weighted by atomic mass is 19.1. The Labute approximate surface area is 123 Å². The van der Waals surface area contributed by atoms with Gasteiger partial charge in [0.25, 0.3) is 0 Å². The highest BCUT2D eigenvalue weighted by Gasteiger charge is 2.13. The van der Waals surface area contributed by atoms with Gasteiger partial charge in [-0.2, -0.15) is 0 Å². The summed E-state index contributed by atoms with van der Waals surface area (Å²) in [6.07, 6.45) is 1.84. The Morgan fingerprint density at radius 3 is 2.71 bits per heavy atom. The number of halogens is 1. The second-order valence-electron chi connectivity index (χ2n) is 5.07. The molecule has 0 spiro atoms. The Balaban J connectivity index is 1.98. The van der Waals surface area contributed by atoms with Crippen LogP contribution in [0.5, 0.6) is 5.75 Å². The highest BCUT2D eigenvalue weighted by Crippen LogP contribution is 2.18. The normalized spacial score (nSPS) is 10.9. The highest BCUT2D eigenvalue weighted by molar-refractivity contribution is 5.96. The SMILES string of the molecule is COc1ccc(CN(C)CC(=O)c2cccn2C)cc1F. The van der Waals surface area contributed by atoms with E-state index in [4.69, 9.17) is 4.74 Å². The van der Waals surface area contributed by atoms with E-state index in [9.17, 15) is 9.18 Å². The third kappa shape index (κ3) is 3.70. The molecule has 0 aliphatic carbocycles. The summed E-state index contributed by atoms with van der Waals surface area (Å²) in [5.41, 5.74) is 1.47. The molecule has 0 amide bonds. The van der Waals surface area contributed by atoms with Crippen LogP contribution in [0.1, 0.15) is 16.1 Å². The summed E-state index contributed by atoms with van der Waals surface area (Å²) in [7, 11) is 5.11. The summed E-state index contributed by atoms with van der Waals surface area (Å²) >= 11 is 0. The summed E-state index contributed by atoms with van der Waals surface area (Å²) in [4.78, 5) is 14.0. The summed E-state index contributed by atoms with van der Waals surface area (Å²) in [6, 6.07) is 8.46. The molecule has 0 atom stereocenters. The van der Waals surface area contributed by atoms with Gasteiger partial charge in [0.1, 0.15) is 0 Å².